The smallest absolute Gasteiger partial charge is 0.229 e. The van der Waals surface area contributed by atoms with Gasteiger partial charge in [-0.2, -0.15) is 10.1 Å². The van der Waals surface area contributed by atoms with Crippen LogP contribution in [0.4, 0.5) is 11.6 Å². The summed E-state index contributed by atoms with van der Waals surface area (Å²) in [5.74, 6) is 0.707. The number of H-pyrrole nitrogens is 1. The van der Waals surface area contributed by atoms with Crippen molar-refractivity contribution in [3.8, 4) is 11.3 Å². The summed E-state index contributed by atoms with van der Waals surface area (Å²) in [6.45, 7) is 9.18. The second-order valence-electron chi connectivity index (χ2n) is 11.7. The highest BCUT2D eigenvalue weighted by atomic mass is 35.5. The lowest BCUT2D eigenvalue weighted by atomic mass is 9.94. The van der Waals surface area contributed by atoms with Gasteiger partial charge in [0, 0.05) is 49.7 Å². The van der Waals surface area contributed by atoms with E-state index < -0.39 is 8.07 Å². The lowest BCUT2D eigenvalue weighted by Crippen LogP contribution is -2.40. The molecule has 2 heterocycles. The number of halogens is 1. The first kappa shape index (κ1) is 27.6. The number of hydrogen-bond donors (Lipinski definition) is 2. The van der Waals surface area contributed by atoms with Crippen LogP contribution in [0.1, 0.15) is 37.7 Å². The largest absolute Gasteiger partial charge is 0.381 e. The molecule has 2 N–H and O–H groups in total. The van der Waals surface area contributed by atoms with E-state index in [0.717, 1.165) is 52.8 Å². The van der Waals surface area contributed by atoms with Gasteiger partial charge in [0.2, 0.25) is 5.95 Å². The molecule has 9 heteroatoms. The molecule has 0 radical (unpaired) electrons. The van der Waals surface area contributed by atoms with Crippen molar-refractivity contribution < 1.29 is 4.74 Å². The Bertz CT molecular complexity index is 1360. The van der Waals surface area contributed by atoms with E-state index in [1.165, 1.54) is 24.8 Å². The molecular formula is C30H39ClN6OSi. The summed E-state index contributed by atoms with van der Waals surface area (Å²) in [6.07, 6.45) is 8.00. The molecule has 2 aromatic heterocycles. The van der Waals surface area contributed by atoms with Crippen LogP contribution in [-0.2, 0) is 11.3 Å². The molecule has 0 saturated heterocycles. The standard InChI is InChI=1S/C30H39ClN6OSi/c1-39(2,3)17-16-38-21-37(26-10-5-4-6-11-26)30-33-20-27-28(35-36-29(27)34-30)23-8-7-9-25(18-23)32-19-22-12-14-24(31)15-13-22/h7-9,12-15,18,20,26,32H,4-6,10-11,16-17,19,21H2,1-3H3,(H,33,34,35,36). The molecule has 0 atom stereocenters. The predicted octanol–water partition coefficient (Wildman–Crippen LogP) is 7.74. The Balaban J connectivity index is 1.33. The Morgan fingerprint density at radius 3 is 2.64 bits per heavy atom. The monoisotopic (exact) mass is 562 g/mol. The Morgan fingerprint density at radius 2 is 1.87 bits per heavy atom. The topological polar surface area (TPSA) is 79.0 Å². The van der Waals surface area contributed by atoms with Gasteiger partial charge in [0.05, 0.1) is 11.1 Å². The quantitative estimate of drug-likeness (QED) is 0.111. The first-order valence-corrected chi connectivity index (χ1v) is 18.1. The van der Waals surface area contributed by atoms with E-state index in [1.807, 2.05) is 36.5 Å². The van der Waals surface area contributed by atoms with Crippen LogP contribution < -0.4 is 10.2 Å². The van der Waals surface area contributed by atoms with E-state index in [1.54, 1.807) is 0 Å². The lowest BCUT2D eigenvalue weighted by molar-refractivity contribution is 0.135. The molecule has 1 aliphatic rings. The fourth-order valence-corrected chi connectivity index (χ4v) is 5.89. The molecule has 206 valence electrons. The number of benzene rings is 2. The summed E-state index contributed by atoms with van der Waals surface area (Å²) < 4.78 is 6.18. The van der Waals surface area contributed by atoms with Crippen molar-refractivity contribution in [2.75, 3.05) is 23.6 Å². The number of anilines is 2. The van der Waals surface area contributed by atoms with Crippen LogP contribution in [0.5, 0.6) is 0 Å². The van der Waals surface area contributed by atoms with E-state index >= 15 is 0 Å². The maximum absolute atomic E-state index is 6.18. The summed E-state index contributed by atoms with van der Waals surface area (Å²) in [7, 11) is -1.14. The number of nitrogens with one attached hydrogen (secondary N) is 2. The minimum atomic E-state index is -1.14. The minimum Gasteiger partial charge on any atom is -0.381 e. The Labute approximate surface area is 237 Å². The average molecular weight is 563 g/mol. The van der Waals surface area contributed by atoms with Gasteiger partial charge < -0.3 is 15.0 Å². The van der Waals surface area contributed by atoms with Gasteiger partial charge in [-0.15, -0.1) is 0 Å². The molecule has 0 aliphatic heterocycles. The number of nitrogens with zero attached hydrogens (tertiary/aromatic N) is 4. The first-order chi connectivity index (χ1) is 18.9. The maximum atomic E-state index is 6.18. The highest BCUT2D eigenvalue weighted by Crippen LogP contribution is 2.30. The Kier molecular flexibility index (Phi) is 8.84. The van der Waals surface area contributed by atoms with Crippen molar-refractivity contribution in [3.05, 3.63) is 65.3 Å². The van der Waals surface area contributed by atoms with Crippen LogP contribution in [0.3, 0.4) is 0 Å². The summed E-state index contributed by atoms with van der Waals surface area (Å²) in [5.41, 5.74) is 4.83. The van der Waals surface area contributed by atoms with Crippen LogP contribution in [0, 0.1) is 0 Å². The normalized spacial score (nSPS) is 14.6. The second-order valence-corrected chi connectivity index (χ2v) is 17.7. The van der Waals surface area contributed by atoms with E-state index in [-0.39, 0.29) is 0 Å². The van der Waals surface area contributed by atoms with Crippen LogP contribution in [-0.4, -0.2) is 47.6 Å². The molecule has 7 nitrogen and oxygen atoms in total. The van der Waals surface area contributed by atoms with Gasteiger partial charge in [-0.25, -0.2) is 4.98 Å². The van der Waals surface area contributed by atoms with E-state index in [2.05, 4.69) is 58.3 Å². The van der Waals surface area contributed by atoms with E-state index in [0.29, 0.717) is 30.9 Å². The summed E-state index contributed by atoms with van der Waals surface area (Å²) >= 11 is 6.02. The number of fused-ring (bicyclic) bond motifs is 1. The third kappa shape index (κ3) is 7.38. The fraction of sp³-hybridized carbons (Fsp3) is 0.433. The molecule has 0 spiro atoms. The molecule has 0 amide bonds. The molecule has 0 unspecified atom stereocenters. The Morgan fingerprint density at radius 1 is 1.08 bits per heavy atom. The number of hydrogen-bond acceptors (Lipinski definition) is 6. The molecule has 4 aromatic rings. The lowest BCUT2D eigenvalue weighted by Gasteiger charge is -2.34. The number of rotatable bonds is 11. The van der Waals surface area contributed by atoms with Gasteiger partial charge in [0.1, 0.15) is 6.73 Å². The van der Waals surface area contributed by atoms with Gasteiger partial charge in [0.25, 0.3) is 0 Å². The first-order valence-electron chi connectivity index (χ1n) is 14.0. The van der Waals surface area contributed by atoms with Crippen LogP contribution in [0.25, 0.3) is 22.3 Å². The molecule has 2 aromatic carbocycles. The molecular weight excluding hydrogens is 524 g/mol. The van der Waals surface area contributed by atoms with Crippen molar-refractivity contribution in [1.82, 2.24) is 20.2 Å². The maximum Gasteiger partial charge on any atom is 0.229 e. The zero-order valence-electron chi connectivity index (χ0n) is 23.2. The van der Waals surface area contributed by atoms with Crippen LogP contribution in [0.2, 0.25) is 30.7 Å². The number of ether oxygens (including phenoxy) is 1. The Hall–Kier alpha value is -2.94. The van der Waals surface area contributed by atoms with Crippen LogP contribution >= 0.6 is 11.6 Å². The molecule has 1 aliphatic carbocycles. The van der Waals surface area contributed by atoms with E-state index in [4.69, 9.17) is 26.3 Å². The molecule has 1 saturated carbocycles. The highest BCUT2D eigenvalue weighted by Gasteiger charge is 2.25. The van der Waals surface area contributed by atoms with Crippen molar-refractivity contribution in [2.24, 2.45) is 0 Å². The van der Waals surface area contributed by atoms with Gasteiger partial charge in [-0.05, 0) is 48.7 Å². The second kappa shape index (κ2) is 12.5. The predicted molar refractivity (Wildman–Crippen MR) is 164 cm³/mol. The van der Waals surface area contributed by atoms with Gasteiger partial charge >= 0.3 is 0 Å². The van der Waals surface area contributed by atoms with Crippen molar-refractivity contribution >= 4 is 42.3 Å². The van der Waals surface area contributed by atoms with Crippen molar-refractivity contribution in [3.63, 3.8) is 0 Å². The number of aromatic amines is 1. The third-order valence-corrected chi connectivity index (χ3v) is 9.32. The molecule has 5 rings (SSSR count). The minimum absolute atomic E-state index is 0.407. The highest BCUT2D eigenvalue weighted by molar-refractivity contribution is 6.76. The summed E-state index contributed by atoms with van der Waals surface area (Å²) in [5, 5.41) is 12.9. The number of aromatic nitrogens is 4. The SMILES string of the molecule is C[Si](C)(C)CCOCN(c1ncc2c(-c3cccc(NCc4ccc(Cl)cc4)c3)[nH]nc2n1)C1CCCCC1. The van der Waals surface area contributed by atoms with Crippen molar-refractivity contribution in [2.45, 2.75) is 70.4 Å². The van der Waals surface area contributed by atoms with E-state index in [9.17, 15) is 0 Å². The summed E-state index contributed by atoms with van der Waals surface area (Å²) in [4.78, 5) is 12.0. The zero-order valence-corrected chi connectivity index (χ0v) is 25.0. The van der Waals surface area contributed by atoms with Crippen molar-refractivity contribution in [1.29, 1.82) is 0 Å². The molecule has 0 bridgehead atoms. The van der Waals surface area contributed by atoms with Crippen LogP contribution in [0.15, 0.2) is 54.7 Å². The third-order valence-electron chi connectivity index (χ3n) is 7.36. The molecule has 1 fully saturated rings. The van der Waals surface area contributed by atoms with Gasteiger partial charge in [-0.3, -0.25) is 5.10 Å². The average Bonchev–Trinajstić information content (AvgIpc) is 3.36. The van der Waals surface area contributed by atoms with Gasteiger partial charge in [-0.1, -0.05) is 74.8 Å². The molecule has 39 heavy (non-hydrogen) atoms. The fourth-order valence-electron chi connectivity index (χ4n) is 5.00. The zero-order chi connectivity index (χ0) is 27.2. The summed E-state index contributed by atoms with van der Waals surface area (Å²) in [6, 6.07) is 17.8. The van der Waals surface area contributed by atoms with Gasteiger partial charge in [0.15, 0.2) is 5.65 Å².